The van der Waals surface area contributed by atoms with Crippen molar-refractivity contribution in [3.63, 3.8) is 0 Å². The van der Waals surface area contributed by atoms with E-state index < -0.39 is 0 Å². The number of para-hydroxylation sites is 2. The number of nitrogens with zero attached hydrogens (tertiary/aromatic N) is 6. The lowest BCUT2D eigenvalue weighted by Crippen LogP contribution is -2.30. The molecule has 0 spiro atoms. The zero-order valence-corrected chi connectivity index (χ0v) is 33.6. The standard InChI is InChI=1S/C56H38N6/c1-4-17-37(18-5-1)42-23-10-13-28-49(42)61-50-29-14-11-24-43(50)45-35-36-46-44-25-12-15-30-51(44)62(53(46)52(45)61)56-59-54(40-21-8-3-9-22-40)58-55(60-56)41-33-31-39(32-34-41)48-27-16-26-47(57-48)38-19-6-2-7-20-38/h1-36,44,51H. The summed E-state index contributed by atoms with van der Waals surface area (Å²) in [6, 6.07) is 67.8. The zero-order valence-electron chi connectivity index (χ0n) is 33.6. The second-order valence-corrected chi connectivity index (χ2v) is 15.8. The molecule has 3 aromatic heterocycles. The summed E-state index contributed by atoms with van der Waals surface area (Å²) in [5.74, 6) is 1.92. The van der Waals surface area contributed by atoms with Crippen molar-refractivity contribution in [1.82, 2.24) is 24.5 Å². The molecule has 0 N–H and O–H groups in total. The Labute approximate surface area is 359 Å². The van der Waals surface area contributed by atoms with Crippen molar-refractivity contribution in [3.8, 4) is 62.1 Å². The van der Waals surface area contributed by atoms with Crippen molar-refractivity contribution in [2.45, 2.75) is 12.0 Å². The second kappa shape index (κ2) is 14.8. The number of hydrogen-bond donors (Lipinski definition) is 0. The first-order valence-corrected chi connectivity index (χ1v) is 21.1. The van der Waals surface area contributed by atoms with Crippen molar-refractivity contribution in [2.75, 3.05) is 4.90 Å². The van der Waals surface area contributed by atoms with E-state index in [2.05, 4.69) is 191 Å². The molecule has 1 aliphatic heterocycles. The Kier molecular flexibility index (Phi) is 8.52. The number of benzene rings is 7. The van der Waals surface area contributed by atoms with Crippen LogP contribution in [0.15, 0.2) is 218 Å². The van der Waals surface area contributed by atoms with Gasteiger partial charge < -0.3 is 9.47 Å². The highest BCUT2D eigenvalue weighted by atomic mass is 15.3. The molecule has 2 aliphatic rings. The number of rotatable bonds is 7. The van der Waals surface area contributed by atoms with Crippen LogP contribution < -0.4 is 4.90 Å². The number of pyridine rings is 1. The molecular formula is C56H38N6. The maximum Gasteiger partial charge on any atom is 0.234 e. The van der Waals surface area contributed by atoms with Gasteiger partial charge in [-0.25, -0.2) is 9.97 Å². The second-order valence-electron chi connectivity index (χ2n) is 15.8. The molecule has 12 rings (SSSR count). The summed E-state index contributed by atoms with van der Waals surface area (Å²) < 4.78 is 2.46. The topological polar surface area (TPSA) is 59.7 Å². The van der Waals surface area contributed by atoms with Gasteiger partial charge in [-0.1, -0.05) is 194 Å². The summed E-state index contributed by atoms with van der Waals surface area (Å²) in [6.07, 6.45) is 8.93. The van der Waals surface area contributed by atoms with Crippen LogP contribution in [0.4, 0.5) is 11.6 Å². The number of allylic oxidation sites excluding steroid dienone is 2. The van der Waals surface area contributed by atoms with Crippen molar-refractivity contribution >= 4 is 33.4 Å². The molecule has 0 fully saturated rings. The first-order chi connectivity index (χ1) is 30.8. The third kappa shape index (κ3) is 5.95. The van der Waals surface area contributed by atoms with Gasteiger partial charge in [-0.3, -0.25) is 0 Å². The molecule has 62 heavy (non-hydrogen) atoms. The highest BCUT2D eigenvalue weighted by molar-refractivity contribution is 6.15. The Morgan fingerprint density at radius 2 is 0.984 bits per heavy atom. The van der Waals surface area contributed by atoms with Crippen molar-refractivity contribution in [2.24, 2.45) is 0 Å². The van der Waals surface area contributed by atoms with E-state index in [-0.39, 0.29) is 12.0 Å². The minimum Gasteiger partial charge on any atom is -0.307 e. The summed E-state index contributed by atoms with van der Waals surface area (Å²) in [6.45, 7) is 0. The summed E-state index contributed by atoms with van der Waals surface area (Å²) in [4.78, 5) is 23.3. The van der Waals surface area contributed by atoms with Crippen LogP contribution >= 0.6 is 0 Å². The summed E-state index contributed by atoms with van der Waals surface area (Å²) in [5, 5.41) is 2.37. The van der Waals surface area contributed by atoms with Gasteiger partial charge in [-0.2, -0.15) is 9.97 Å². The van der Waals surface area contributed by atoms with Gasteiger partial charge >= 0.3 is 0 Å². The number of anilines is 2. The fraction of sp³-hybridized carbons (Fsp3) is 0.0357. The first-order valence-electron chi connectivity index (χ1n) is 21.1. The molecule has 0 amide bonds. The van der Waals surface area contributed by atoms with Gasteiger partial charge in [-0.15, -0.1) is 0 Å². The van der Waals surface area contributed by atoms with Crippen LogP contribution in [0, 0.1) is 0 Å². The van der Waals surface area contributed by atoms with Crippen LogP contribution in [-0.2, 0) is 0 Å². The van der Waals surface area contributed by atoms with E-state index in [4.69, 9.17) is 19.9 Å². The average Bonchev–Trinajstić information content (AvgIpc) is 3.88. The smallest absolute Gasteiger partial charge is 0.234 e. The highest BCUT2D eigenvalue weighted by Crippen LogP contribution is 2.52. The average molecular weight is 795 g/mol. The van der Waals surface area contributed by atoms with Gasteiger partial charge in [0.15, 0.2) is 11.6 Å². The van der Waals surface area contributed by atoms with Gasteiger partial charge in [-0.05, 0) is 35.4 Å². The third-order valence-corrected chi connectivity index (χ3v) is 12.2. The lowest BCUT2D eigenvalue weighted by atomic mass is 9.91. The van der Waals surface area contributed by atoms with E-state index in [0.717, 1.165) is 61.6 Å². The lowest BCUT2D eigenvalue weighted by molar-refractivity contribution is 0.728. The van der Waals surface area contributed by atoms with Gasteiger partial charge in [0, 0.05) is 44.5 Å². The van der Waals surface area contributed by atoms with E-state index in [1.807, 2.05) is 36.4 Å². The summed E-state index contributed by atoms with van der Waals surface area (Å²) in [5.41, 5.74) is 13.8. The molecule has 0 saturated carbocycles. The van der Waals surface area contributed by atoms with Crippen LogP contribution in [0.5, 0.6) is 0 Å². The Balaban J connectivity index is 1.06. The molecule has 2 unspecified atom stereocenters. The molecule has 2 atom stereocenters. The van der Waals surface area contributed by atoms with E-state index >= 15 is 0 Å². The Bertz CT molecular complexity index is 3350. The Morgan fingerprint density at radius 1 is 0.403 bits per heavy atom. The monoisotopic (exact) mass is 794 g/mol. The number of aromatic nitrogens is 5. The van der Waals surface area contributed by atoms with Crippen molar-refractivity contribution < 1.29 is 0 Å². The van der Waals surface area contributed by atoms with E-state index in [9.17, 15) is 0 Å². The van der Waals surface area contributed by atoms with Crippen LogP contribution in [0.25, 0.3) is 83.9 Å². The maximum absolute atomic E-state index is 5.41. The van der Waals surface area contributed by atoms with Crippen LogP contribution in [0.3, 0.4) is 0 Å². The van der Waals surface area contributed by atoms with Crippen molar-refractivity contribution in [3.05, 3.63) is 224 Å². The van der Waals surface area contributed by atoms with Crippen molar-refractivity contribution in [1.29, 1.82) is 0 Å². The first kappa shape index (κ1) is 35.7. The molecule has 6 nitrogen and oxygen atoms in total. The van der Waals surface area contributed by atoms with Gasteiger partial charge in [0.1, 0.15) is 0 Å². The van der Waals surface area contributed by atoms with Crippen LogP contribution in [-0.4, -0.2) is 30.5 Å². The molecular weight excluding hydrogens is 757 g/mol. The zero-order chi connectivity index (χ0) is 41.0. The fourth-order valence-electron chi connectivity index (χ4n) is 9.34. The van der Waals surface area contributed by atoms with E-state index in [0.29, 0.717) is 17.6 Å². The quantitative estimate of drug-likeness (QED) is 0.161. The minimum atomic E-state index is -0.0550. The molecule has 4 heterocycles. The molecule has 6 heteroatoms. The predicted octanol–water partition coefficient (Wildman–Crippen LogP) is 13.4. The number of hydrogen-bond acceptors (Lipinski definition) is 5. The van der Waals surface area contributed by atoms with Gasteiger partial charge in [0.05, 0.1) is 39.8 Å². The summed E-state index contributed by atoms with van der Waals surface area (Å²) in [7, 11) is 0. The highest BCUT2D eigenvalue weighted by Gasteiger charge is 2.41. The molecule has 0 saturated heterocycles. The largest absolute Gasteiger partial charge is 0.307 e. The van der Waals surface area contributed by atoms with Gasteiger partial charge in [0.2, 0.25) is 5.95 Å². The van der Waals surface area contributed by atoms with Gasteiger partial charge in [0.25, 0.3) is 0 Å². The van der Waals surface area contributed by atoms with Crippen LogP contribution in [0.1, 0.15) is 11.5 Å². The maximum atomic E-state index is 5.41. The third-order valence-electron chi connectivity index (χ3n) is 12.2. The fourth-order valence-corrected chi connectivity index (χ4v) is 9.34. The van der Waals surface area contributed by atoms with E-state index in [1.165, 1.54) is 21.9 Å². The predicted molar refractivity (Wildman–Crippen MR) is 253 cm³/mol. The molecule has 0 radical (unpaired) electrons. The lowest BCUT2D eigenvalue weighted by Gasteiger charge is -2.28. The summed E-state index contributed by atoms with van der Waals surface area (Å²) >= 11 is 0. The molecule has 292 valence electrons. The minimum absolute atomic E-state index is 0.0550. The number of fused-ring (bicyclic) bond motifs is 7. The normalized spacial score (nSPS) is 15.3. The molecule has 0 bridgehead atoms. The molecule has 7 aromatic carbocycles. The Hall–Kier alpha value is -8.22. The Morgan fingerprint density at radius 3 is 1.73 bits per heavy atom. The SMILES string of the molecule is C1=CC2c3ccc4c5ccccc5n(-c5ccccc5-c5ccccc5)c4c3N(c3nc(-c4ccccc4)nc(-c4ccc(-c5cccc(-c6ccccc6)n5)cc4)n3)C2C=C1. The molecule has 1 aliphatic carbocycles. The van der Waals surface area contributed by atoms with Crippen LogP contribution in [0.2, 0.25) is 0 Å². The molecule has 10 aromatic rings. The van der Waals surface area contributed by atoms with E-state index in [1.54, 1.807) is 0 Å².